The van der Waals surface area contributed by atoms with Crippen LogP contribution < -0.4 is 9.62 Å². The molecule has 1 aromatic heterocycles. The second-order valence-electron chi connectivity index (χ2n) is 7.15. The van der Waals surface area contributed by atoms with Crippen LogP contribution in [0.15, 0.2) is 52.0 Å². The monoisotopic (exact) mass is 449 g/mol. The normalized spacial score (nSPS) is 19.4. The van der Waals surface area contributed by atoms with Crippen molar-refractivity contribution in [3.63, 3.8) is 0 Å². The maximum absolute atomic E-state index is 12.8. The Kier molecular flexibility index (Phi) is 6.28. The Balaban J connectivity index is 1.47. The Morgan fingerprint density at radius 3 is 2.30 bits per heavy atom. The molecule has 4 rings (SSSR count). The highest BCUT2D eigenvalue weighted by atomic mass is 32.2. The van der Waals surface area contributed by atoms with Crippen molar-refractivity contribution >= 4 is 39.3 Å². The number of hydrogen-bond donors (Lipinski definition) is 1. The van der Waals surface area contributed by atoms with Gasteiger partial charge in [-0.1, -0.05) is 0 Å². The number of furan rings is 1. The van der Waals surface area contributed by atoms with Crippen LogP contribution in [0.3, 0.4) is 0 Å². The predicted octanol–water partition coefficient (Wildman–Crippen LogP) is 2.00. The first-order chi connectivity index (χ1) is 14.5. The van der Waals surface area contributed by atoms with Crippen LogP contribution >= 0.6 is 11.8 Å². The molecule has 3 heterocycles. The first-order valence-electron chi connectivity index (χ1n) is 9.76. The molecule has 1 aromatic carbocycles. The van der Waals surface area contributed by atoms with E-state index < -0.39 is 10.0 Å². The molecule has 0 saturated carbocycles. The van der Waals surface area contributed by atoms with E-state index in [0.717, 1.165) is 35.3 Å². The van der Waals surface area contributed by atoms with E-state index in [9.17, 15) is 18.0 Å². The highest BCUT2D eigenvalue weighted by molar-refractivity contribution is 7.99. The zero-order valence-corrected chi connectivity index (χ0v) is 18.0. The summed E-state index contributed by atoms with van der Waals surface area (Å²) in [5, 5.41) is 0. The van der Waals surface area contributed by atoms with Crippen LogP contribution in [0.4, 0.5) is 5.69 Å². The van der Waals surface area contributed by atoms with Gasteiger partial charge in [0.05, 0.1) is 22.9 Å². The van der Waals surface area contributed by atoms with Crippen LogP contribution in [-0.2, 0) is 19.6 Å². The van der Waals surface area contributed by atoms with Crippen LogP contribution in [0, 0.1) is 0 Å². The molecule has 1 N–H and O–H groups in total. The lowest BCUT2D eigenvalue weighted by atomic mass is 10.2. The Bertz CT molecular complexity index is 984. The van der Waals surface area contributed by atoms with E-state index in [1.165, 1.54) is 24.3 Å². The second-order valence-corrected chi connectivity index (χ2v) is 10.1. The minimum atomic E-state index is -3.76. The van der Waals surface area contributed by atoms with Crippen molar-refractivity contribution < 1.29 is 22.4 Å². The fourth-order valence-corrected chi connectivity index (χ4v) is 5.66. The molecule has 8 nitrogen and oxygen atoms in total. The van der Waals surface area contributed by atoms with Crippen LogP contribution in [0.2, 0.25) is 0 Å². The molecule has 0 bridgehead atoms. The number of thioether (sulfide) groups is 1. The number of nitrogens with zero attached hydrogens (tertiary/aromatic N) is 2. The van der Waals surface area contributed by atoms with Crippen molar-refractivity contribution in [2.45, 2.75) is 23.8 Å². The van der Waals surface area contributed by atoms with E-state index in [1.54, 1.807) is 12.3 Å². The molecule has 2 amide bonds. The van der Waals surface area contributed by atoms with Gasteiger partial charge in [0, 0.05) is 44.0 Å². The lowest BCUT2D eigenvalue weighted by Crippen LogP contribution is -2.41. The molecule has 2 aromatic rings. The third kappa shape index (κ3) is 4.46. The number of hydrogen-bond acceptors (Lipinski definition) is 7. The molecule has 0 unspecified atom stereocenters. The number of amides is 2. The van der Waals surface area contributed by atoms with Crippen molar-refractivity contribution in [1.29, 1.82) is 0 Å². The van der Waals surface area contributed by atoms with Gasteiger partial charge in [-0.05, 0) is 36.4 Å². The molecule has 0 radical (unpaired) electrons. The third-order valence-electron chi connectivity index (χ3n) is 5.28. The first-order valence-corrected chi connectivity index (χ1v) is 12.4. The van der Waals surface area contributed by atoms with Gasteiger partial charge in [-0.2, -0.15) is 11.8 Å². The fourth-order valence-electron chi connectivity index (χ4n) is 3.69. The molecule has 2 aliphatic heterocycles. The maximum Gasteiger partial charge on any atom is 0.240 e. The average Bonchev–Trinajstić information content (AvgIpc) is 3.39. The number of nitrogens with one attached hydrogen (secondary N) is 1. The lowest BCUT2D eigenvalue weighted by molar-refractivity contribution is -0.121. The van der Waals surface area contributed by atoms with Gasteiger partial charge in [-0.3, -0.25) is 19.4 Å². The largest absolute Gasteiger partial charge is 0.468 e. The van der Waals surface area contributed by atoms with Gasteiger partial charge in [0.15, 0.2) is 0 Å². The molecule has 160 valence electrons. The number of benzene rings is 1. The van der Waals surface area contributed by atoms with Gasteiger partial charge in [0.25, 0.3) is 0 Å². The molecule has 2 aliphatic rings. The van der Waals surface area contributed by atoms with E-state index in [1.807, 2.05) is 17.8 Å². The first kappa shape index (κ1) is 21.1. The Morgan fingerprint density at radius 2 is 1.70 bits per heavy atom. The number of sulfonamides is 1. The van der Waals surface area contributed by atoms with Crippen molar-refractivity contribution in [2.24, 2.45) is 0 Å². The molecule has 30 heavy (non-hydrogen) atoms. The van der Waals surface area contributed by atoms with Gasteiger partial charge < -0.3 is 4.42 Å². The van der Waals surface area contributed by atoms with Crippen LogP contribution in [0.5, 0.6) is 0 Å². The van der Waals surface area contributed by atoms with E-state index in [0.29, 0.717) is 5.69 Å². The van der Waals surface area contributed by atoms with Crippen molar-refractivity contribution in [3.8, 4) is 0 Å². The van der Waals surface area contributed by atoms with E-state index in [4.69, 9.17) is 4.42 Å². The summed E-state index contributed by atoms with van der Waals surface area (Å²) >= 11 is 1.88. The van der Waals surface area contributed by atoms with Gasteiger partial charge in [0.1, 0.15) is 5.76 Å². The summed E-state index contributed by atoms with van der Waals surface area (Å²) in [4.78, 5) is 27.1. The molecular formula is C20H23N3O5S2. The Hall–Kier alpha value is -2.14. The highest BCUT2D eigenvalue weighted by Gasteiger charge is 2.31. The van der Waals surface area contributed by atoms with Gasteiger partial charge in [-0.25, -0.2) is 13.1 Å². The molecule has 0 spiro atoms. The van der Waals surface area contributed by atoms with Crippen molar-refractivity contribution in [3.05, 3.63) is 48.4 Å². The van der Waals surface area contributed by atoms with Crippen molar-refractivity contribution in [1.82, 2.24) is 9.62 Å². The number of imide groups is 1. The summed E-state index contributed by atoms with van der Waals surface area (Å²) in [6.45, 7) is 1.92. The van der Waals surface area contributed by atoms with Crippen LogP contribution in [-0.4, -0.2) is 56.3 Å². The molecular weight excluding hydrogens is 426 g/mol. The number of carbonyl (C=O) groups is 2. The van der Waals surface area contributed by atoms with Gasteiger partial charge in [0.2, 0.25) is 21.8 Å². The van der Waals surface area contributed by atoms with Crippen LogP contribution in [0.25, 0.3) is 0 Å². The predicted molar refractivity (Wildman–Crippen MR) is 114 cm³/mol. The smallest absolute Gasteiger partial charge is 0.240 e. The molecule has 0 aliphatic carbocycles. The minimum absolute atomic E-state index is 0.0812. The average molecular weight is 450 g/mol. The quantitative estimate of drug-likeness (QED) is 0.646. The molecule has 1 atom stereocenters. The zero-order chi connectivity index (χ0) is 21.1. The molecule has 10 heteroatoms. The Labute approximate surface area is 179 Å². The SMILES string of the molecule is O=C1CCC(=O)N1c1ccc(S(=O)(=O)NC[C@@H](c2ccco2)N2CCSCC2)cc1. The summed E-state index contributed by atoms with van der Waals surface area (Å²) in [6.07, 6.45) is 1.96. The maximum atomic E-state index is 12.8. The lowest BCUT2D eigenvalue weighted by Gasteiger charge is -2.33. The summed E-state index contributed by atoms with van der Waals surface area (Å²) in [5.41, 5.74) is 0.390. The fraction of sp³-hybridized carbons (Fsp3) is 0.400. The number of carbonyl (C=O) groups excluding carboxylic acids is 2. The second kappa shape index (κ2) is 8.93. The molecule has 2 saturated heterocycles. The number of anilines is 1. The molecule has 2 fully saturated rings. The highest BCUT2D eigenvalue weighted by Crippen LogP contribution is 2.26. The minimum Gasteiger partial charge on any atom is -0.468 e. The van der Waals surface area contributed by atoms with E-state index in [-0.39, 0.29) is 42.1 Å². The Morgan fingerprint density at radius 1 is 1.03 bits per heavy atom. The van der Waals surface area contributed by atoms with E-state index >= 15 is 0 Å². The summed E-state index contributed by atoms with van der Waals surface area (Å²) in [6, 6.07) is 9.28. The standard InChI is InChI=1S/C20H23N3O5S2/c24-19-7-8-20(25)23(19)15-3-5-16(6-4-15)30(26,27)21-14-17(18-2-1-11-28-18)22-9-12-29-13-10-22/h1-6,11,17,21H,7-10,12-14H2/t17-/m0/s1. The van der Waals surface area contributed by atoms with Crippen LogP contribution in [0.1, 0.15) is 24.6 Å². The van der Waals surface area contributed by atoms with Gasteiger partial charge in [-0.15, -0.1) is 0 Å². The van der Waals surface area contributed by atoms with Gasteiger partial charge >= 0.3 is 0 Å². The third-order valence-corrected chi connectivity index (χ3v) is 7.66. The zero-order valence-electron chi connectivity index (χ0n) is 16.3. The topological polar surface area (TPSA) is 99.9 Å². The summed E-state index contributed by atoms with van der Waals surface area (Å²) in [7, 11) is -3.76. The summed E-state index contributed by atoms with van der Waals surface area (Å²) < 4.78 is 33.9. The number of rotatable bonds is 7. The summed E-state index contributed by atoms with van der Waals surface area (Å²) in [5.74, 6) is 2.19. The van der Waals surface area contributed by atoms with E-state index in [2.05, 4.69) is 9.62 Å². The van der Waals surface area contributed by atoms with Crippen molar-refractivity contribution in [2.75, 3.05) is 36.0 Å².